The van der Waals surface area contributed by atoms with E-state index in [9.17, 15) is 14.4 Å². The van der Waals surface area contributed by atoms with E-state index in [2.05, 4.69) is 30.1 Å². The van der Waals surface area contributed by atoms with Gasteiger partial charge >= 0.3 is 0 Å². The first-order chi connectivity index (χ1) is 18.3. The van der Waals surface area contributed by atoms with Crippen LogP contribution in [-0.4, -0.2) is 74.0 Å². The third-order valence-electron chi connectivity index (χ3n) is 8.32. The molecule has 0 saturated carbocycles. The van der Waals surface area contributed by atoms with Gasteiger partial charge in [-0.25, -0.2) is 0 Å². The average Bonchev–Trinajstić information content (AvgIpc) is 2.89. The molecule has 1 aromatic carbocycles. The lowest BCUT2D eigenvalue weighted by Gasteiger charge is -2.51. The fourth-order valence-electron chi connectivity index (χ4n) is 6.58. The lowest BCUT2D eigenvalue weighted by atomic mass is 9.77. The van der Waals surface area contributed by atoms with E-state index in [1.54, 1.807) is 14.2 Å². The first kappa shape index (κ1) is 28.2. The standard InChI is InChI=1S/C30H45N3O5/c1-20(2)13-29(36)32-17-22-15-24(19-32)25-8-5-9-27(34)31-12-6-7-23-14-21(10-11-28(35)33(25)18-22)16-26(37-3)30(23)38-4/h14,16,20,22,24-25H,5-13,15,17-19H2,1-4H3,(H,31,34)/t22-,24+,25-/m0/s1. The van der Waals surface area contributed by atoms with Crippen LogP contribution in [0.5, 0.6) is 11.5 Å². The van der Waals surface area contributed by atoms with Gasteiger partial charge in [0.2, 0.25) is 17.7 Å². The summed E-state index contributed by atoms with van der Waals surface area (Å²) in [6.45, 7) is 6.91. The monoisotopic (exact) mass is 527 g/mol. The molecule has 0 spiro atoms. The third kappa shape index (κ3) is 6.80. The Bertz CT molecular complexity index is 1010. The molecule has 4 bridgehead atoms. The van der Waals surface area contributed by atoms with Gasteiger partial charge in [0.15, 0.2) is 11.5 Å². The maximum Gasteiger partial charge on any atom is 0.223 e. The van der Waals surface area contributed by atoms with Crippen LogP contribution in [0.2, 0.25) is 0 Å². The molecule has 3 amide bonds. The first-order valence-electron chi connectivity index (χ1n) is 14.4. The molecular weight excluding hydrogens is 482 g/mol. The Morgan fingerprint density at radius 3 is 2.58 bits per heavy atom. The number of hydrogen-bond donors (Lipinski definition) is 1. The van der Waals surface area contributed by atoms with Crippen molar-refractivity contribution in [3.8, 4) is 11.5 Å². The summed E-state index contributed by atoms with van der Waals surface area (Å²) in [7, 11) is 3.28. The van der Waals surface area contributed by atoms with E-state index in [0.29, 0.717) is 62.9 Å². The Morgan fingerprint density at radius 1 is 1.03 bits per heavy atom. The van der Waals surface area contributed by atoms with Crippen molar-refractivity contribution in [1.29, 1.82) is 0 Å². The number of amides is 3. The molecule has 4 rings (SSSR count). The SMILES string of the molecule is COc1cc2cc(c1OC)CCCNC(=O)CCC[C@H]1[C@@H]3C[C@@H](CN(C(=O)CC(C)C)C3)CN1C(=O)CC2. The van der Waals surface area contributed by atoms with Crippen molar-refractivity contribution >= 4 is 17.7 Å². The molecule has 2 fully saturated rings. The summed E-state index contributed by atoms with van der Waals surface area (Å²) < 4.78 is 11.2. The summed E-state index contributed by atoms with van der Waals surface area (Å²) in [5.41, 5.74) is 2.09. The average molecular weight is 528 g/mol. The van der Waals surface area contributed by atoms with Gasteiger partial charge in [0.25, 0.3) is 0 Å². The topological polar surface area (TPSA) is 88.2 Å². The largest absolute Gasteiger partial charge is 0.493 e. The van der Waals surface area contributed by atoms with E-state index < -0.39 is 0 Å². The van der Waals surface area contributed by atoms with Crippen LogP contribution in [-0.2, 0) is 27.2 Å². The highest BCUT2D eigenvalue weighted by atomic mass is 16.5. The highest BCUT2D eigenvalue weighted by molar-refractivity contribution is 5.78. The van der Waals surface area contributed by atoms with Crippen molar-refractivity contribution in [2.24, 2.45) is 17.8 Å². The predicted octanol–water partition coefficient (Wildman–Crippen LogP) is 3.59. The van der Waals surface area contributed by atoms with Crippen LogP contribution in [0.4, 0.5) is 0 Å². The van der Waals surface area contributed by atoms with E-state index in [4.69, 9.17) is 9.47 Å². The minimum Gasteiger partial charge on any atom is -0.493 e. The number of fused-ring (bicyclic) bond motifs is 6. The highest BCUT2D eigenvalue weighted by Crippen LogP contribution is 2.37. The number of benzene rings is 1. The van der Waals surface area contributed by atoms with Crippen LogP contribution in [0.15, 0.2) is 12.1 Å². The number of rotatable bonds is 4. The maximum absolute atomic E-state index is 13.7. The number of aryl methyl sites for hydroxylation is 2. The van der Waals surface area contributed by atoms with Gasteiger partial charge < -0.3 is 24.6 Å². The number of nitrogens with one attached hydrogen (secondary N) is 1. The van der Waals surface area contributed by atoms with Crippen LogP contribution < -0.4 is 14.8 Å². The van der Waals surface area contributed by atoms with Crippen molar-refractivity contribution in [2.45, 2.75) is 77.7 Å². The predicted molar refractivity (Wildman–Crippen MR) is 146 cm³/mol. The molecule has 2 saturated heterocycles. The Hall–Kier alpha value is -2.77. The van der Waals surface area contributed by atoms with Crippen LogP contribution in [0, 0.1) is 17.8 Å². The summed E-state index contributed by atoms with van der Waals surface area (Å²) in [4.78, 5) is 43.3. The summed E-state index contributed by atoms with van der Waals surface area (Å²) in [6, 6.07) is 4.15. The van der Waals surface area contributed by atoms with Gasteiger partial charge in [-0.1, -0.05) is 19.9 Å². The van der Waals surface area contributed by atoms with Crippen molar-refractivity contribution in [3.05, 3.63) is 23.3 Å². The number of methoxy groups -OCH3 is 2. The fraction of sp³-hybridized carbons (Fsp3) is 0.700. The Balaban J connectivity index is 1.56. The molecule has 0 aliphatic carbocycles. The van der Waals surface area contributed by atoms with Crippen LogP contribution >= 0.6 is 0 Å². The van der Waals surface area contributed by atoms with Crippen LogP contribution in [0.1, 0.15) is 69.9 Å². The third-order valence-corrected chi connectivity index (χ3v) is 8.32. The van der Waals surface area contributed by atoms with Gasteiger partial charge in [0.1, 0.15) is 0 Å². The second-order valence-corrected chi connectivity index (χ2v) is 11.7. The molecule has 0 radical (unpaired) electrons. The van der Waals surface area contributed by atoms with Crippen molar-refractivity contribution in [2.75, 3.05) is 40.4 Å². The van der Waals surface area contributed by atoms with Crippen LogP contribution in [0.3, 0.4) is 0 Å². The van der Waals surface area contributed by atoms with E-state index in [-0.39, 0.29) is 29.7 Å². The molecule has 0 unspecified atom stereocenters. The number of hydrogen-bond acceptors (Lipinski definition) is 5. The van der Waals surface area contributed by atoms with E-state index in [1.165, 1.54) is 0 Å². The summed E-state index contributed by atoms with van der Waals surface area (Å²) in [5, 5.41) is 3.06. The molecule has 3 atom stereocenters. The van der Waals surface area contributed by atoms with Gasteiger partial charge in [-0.15, -0.1) is 0 Å². The summed E-state index contributed by atoms with van der Waals surface area (Å²) in [5.74, 6) is 2.75. The smallest absolute Gasteiger partial charge is 0.223 e. The number of carbonyl (C=O) groups excluding carboxylic acids is 3. The molecule has 8 heteroatoms. The van der Waals surface area contributed by atoms with E-state index in [0.717, 1.165) is 55.5 Å². The molecule has 3 aliphatic heterocycles. The summed E-state index contributed by atoms with van der Waals surface area (Å²) in [6.07, 6.45) is 6.23. The van der Waals surface area contributed by atoms with Crippen molar-refractivity contribution in [1.82, 2.24) is 15.1 Å². The second kappa shape index (κ2) is 12.9. The lowest BCUT2D eigenvalue weighted by Crippen LogP contribution is -2.60. The molecule has 210 valence electrons. The Labute approximate surface area is 227 Å². The quantitative estimate of drug-likeness (QED) is 0.647. The van der Waals surface area contributed by atoms with Crippen LogP contribution in [0.25, 0.3) is 0 Å². The number of ether oxygens (including phenoxy) is 2. The zero-order valence-corrected chi connectivity index (χ0v) is 23.6. The summed E-state index contributed by atoms with van der Waals surface area (Å²) >= 11 is 0. The van der Waals surface area contributed by atoms with Gasteiger partial charge in [-0.2, -0.15) is 0 Å². The minimum absolute atomic E-state index is 0.0549. The van der Waals surface area contributed by atoms with Crippen molar-refractivity contribution < 1.29 is 23.9 Å². The maximum atomic E-state index is 13.7. The Morgan fingerprint density at radius 2 is 1.84 bits per heavy atom. The highest BCUT2D eigenvalue weighted by Gasteiger charge is 2.43. The fourth-order valence-corrected chi connectivity index (χ4v) is 6.58. The lowest BCUT2D eigenvalue weighted by molar-refractivity contribution is -0.145. The molecule has 3 heterocycles. The molecule has 3 aliphatic rings. The zero-order valence-electron chi connectivity index (χ0n) is 23.6. The molecular formula is C30H45N3O5. The van der Waals surface area contributed by atoms with Gasteiger partial charge in [0, 0.05) is 51.5 Å². The molecule has 38 heavy (non-hydrogen) atoms. The number of piperidine rings is 2. The molecule has 1 N–H and O–H groups in total. The van der Waals surface area contributed by atoms with Gasteiger partial charge in [0.05, 0.1) is 14.2 Å². The normalized spacial score (nSPS) is 25.0. The minimum atomic E-state index is 0.0549. The van der Waals surface area contributed by atoms with Gasteiger partial charge in [-0.05, 0) is 73.5 Å². The molecule has 8 nitrogen and oxygen atoms in total. The number of carbonyl (C=O) groups is 3. The zero-order chi connectivity index (χ0) is 27.2. The van der Waals surface area contributed by atoms with Crippen molar-refractivity contribution in [3.63, 3.8) is 0 Å². The number of nitrogens with zero attached hydrogens (tertiary/aromatic N) is 2. The first-order valence-corrected chi connectivity index (χ1v) is 14.4. The molecule has 1 aromatic rings. The van der Waals surface area contributed by atoms with Gasteiger partial charge in [-0.3, -0.25) is 14.4 Å². The molecule has 0 aromatic heterocycles. The Kier molecular flexibility index (Phi) is 9.55. The van der Waals surface area contributed by atoms with E-state index in [1.807, 2.05) is 11.0 Å². The second-order valence-electron chi connectivity index (χ2n) is 11.7. The number of likely N-dealkylation sites (tertiary alicyclic amines) is 1. The van der Waals surface area contributed by atoms with E-state index >= 15 is 0 Å².